The Hall–Kier alpha value is -0.700. The van der Waals surface area contributed by atoms with Crippen LogP contribution in [0.4, 0.5) is 4.79 Å². The molecule has 0 saturated heterocycles. The lowest BCUT2D eigenvalue weighted by atomic mass is 10.0. The molecule has 0 aromatic rings. The highest BCUT2D eigenvalue weighted by Crippen LogP contribution is 2.43. The maximum absolute atomic E-state index is 12.4. The lowest BCUT2D eigenvalue weighted by Crippen LogP contribution is -2.35. The Labute approximate surface area is 309 Å². The van der Waals surface area contributed by atoms with Gasteiger partial charge in [-0.25, -0.2) is 9.36 Å². The van der Waals surface area contributed by atoms with Gasteiger partial charge in [-0.1, -0.05) is 161 Å². The van der Waals surface area contributed by atoms with Crippen molar-refractivity contribution < 1.29 is 37.3 Å². The monoisotopic (exact) mass is 736 g/mol. The zero-order chi connectivity index (χ0) is 37.0. The van der Waals surface area contributed by atoms with E-state index in [1.807, 2.05) is 0 Å². The Kier molecular flexibility index (Phi) is 34.8. The lowest BCUT2D eigenvalue weighted by molar-refractivity contribution is -0.870. The van der Waals surface area contributed by atoms with Crippen LogP contribution in [0.3, 0.4) is 0 Å². The summed E-state index contributed by atoms with van der Waals surface area (Å²) in [6.45, 7) is 4.08. The first kappa shape index (κ1) is 49.3. The van der Waals surface area contributed by atoms with Gasteiger partial charge < -0.3 is 24.2 Å². The number of carbonyl (C=O) groups excluding carboxylic acids is 1. The maximum Gasteiger partial charge on any atom is 0.472 e. The van der Waals surface area contributed by atoms with E-state index >= 15 is 0 Å². The number of alkyl carbamates (subject to hydrolysis) is 1. The van der Waals surface area contributed by atoms with Gasteiger partial charge in [0.15, 0.2) is 6.10 Å². The standard InChI is InChI=1S/C40H83N2O7P/c1-6-7-8-9-10-11-12-13-14-15-17-20-23-26-29-32-35-46-37-39(49-40(43)41-2)38-48-50(44,45)47-36-33-30-27-24-21-18-16-19-22-25-28-31-34-42(3,4)5/h39H,6-38H2,1-5H3,(H-,41,43,44,45)/p+1. The molecule has 2 N–H and O–H groups in total. The van der Waals surface area contributed by atoms with Crippen molar-refractivity contribution in [1.82, 2.24) is 5.32 Å². The van der Waals surface area contributed by atoms with Gasteiger partial charge in [0.05, 0.1) is 47.5 Å². The molecule has 0 rings (SSSR count). The minimum atomic E-state index is -4.24. The Morgan fingerprint density at radius 2 is 0.960 bits per heavy atom. The molecule has 0 aliphatic rings. The average Bonchev–Trinajstić information content (AvgIpc) is 3.07. The van der Waals surface area contributed by atoms with Crippen LogP contribution in [-0.2, 0) is 23.1 Å². The summed E-state index contributed by atoms with van der Waals surface area (Å²) < 4.78 is 34.8. The molecule has 0 aliphatic carbocycles. The molecule has 0 fully saturated rings. The fraction of sp³-hybridized carbons (Fsp3) is 0.975. The van der Waals surface area contributed by atoms with E-state index in [0.717, 1.165) is 30.2 Å². The SMILES string of the molecule is CCCCCCCCCCCCCCCCCCOCC(COP(=O)(O)OCCCCCCCCCCCCCC[N+](C)(C)C)OC(=O)NC. The number of amides is 1. The number of unbranched alkanes of at least 4 members (excludes halogenated alkanes) is 26. The summed E-state index contributed by atoms with van der Waals surface area (Å²) in [5.41, 5.74) is 0. The number of ether oxygens (including phenoxy) is 2. The molecule has 1 amide bonds. The molecule has 50 heavy (non-hydrogen) atoms. The topological polar surface area (TPSA) is 103 Å². The summed E-state index contributed by atoms with van der Waals surface area (Å²) in [7, 11) is 4.01. The molecule has 0 saturated carbocycles. The van der Waals surface area contributed by atoms with Crippen molar-refractivity contribution in [2.24, 2.45) is 0 Å². The number of nitrogens with zero attached hydrogens (tertiary/aromatic N) is 1. The van der Waals surface area contributed by atoms with Crippen LogP contribution in [0.15, 0.2) is 0 Å². The average molecular weight is 736 g/mol. The van der Waals surface area contributed by atoms with Crippen LogP contribution >= 0.6 is 7.82 Å². The number of phosphoric acid groups is 1. The molecule has 2 unspecified atom stereocenters. The van der Waals surface area contributed by atoms with Gasteiger partial charge in [0.1, 0.15) is 0 Å². The van der Waals surface area contributed by atoms with E-state index < -0.39 is 20.0 Å². The highest BCUT2D eigenvalue weighted by Gasteiger charge is 2.25. The Bertz CT molecular complexity index is 781. The van der Waals surface area contributed by atoms with Crippen LogP contribution in [0.1, 0.15) is 187 Å². The van der Waals surface area contributed by atoms with Crippen molar-refractivity contribution in [3.8, 4) is 0 Å². The molecule has 9 nitrogen and oxygen atoms in total. The second kappa shape index (κ2) is 35.3. The van der Waals surface area contributed by atoms with Crippen molar-refractivity contribution in [1.29, 1.82) is 0 Å². The second-order valence-electron chi connectivity index (χ2n) is 15.5. The lowest BCUT2D eigenvalue weighted by Gasteiger charge is -2.23. The summed E-state index contributed by atoms with van der Waals surface area (Å²) in [5.74, 6) is 0. The minimum absolute atomic E-state index is 0.100. The molecule has 300 valence electrons. The molecule has 0 bridgehead atoms. The Morgan fingerprint density at radius 3 is 1.36 bits per heavy atom. The van der Waals surface area contributed by atoms with Gasteiger partial charge in [-0.05, 0) is 25.7 Å². The molecule has 2 atom stereocenters. The highest BCUT2D eigenvalue weighted by molar-refractivity contribution is 7.47. The van der Waals surface area contributed by atoms with Crippen LogP contribution < -0.4 is 5.32 Å². The van der Waals surface area contributed by atoms with Crippen LogP contribution in [0.2, 0.25) is 0 Å². The Morgan fingerprint density at radius 1 is 0.580 bits per heavy atom. The van der Waals surface area contributed by atoms with Crippen LogP contribution in [0.25, 0.3) is 0 Å². The third-order valence-corrected chi connectivity index (χ3v) is 10.3. The van der Waals surface area contributed by atoms with Crippen molar-refractivity contribution in [2.45, 2.75) is 193 Å². The zero-order valence-electron chi connectivity index (χ0n) is 33.7. The Balaban J connectivity index is 3.78. The molecule has 0 aromatic heterocycles. The minimum Gasteiger partial charge on any atom is -0.441 e. The van der Waals surface area contributed by atoms with Crippen LogP contribution in [0.5, 0.6) is 0 Å². The smallest absolute Gasteiger partial charge is 0.441 e. The summed E-state index contributed by atoms with van der Waals surface area (Å²) in [4.78, 5) is 21.9. The number of carbonyl (C=O) groups is 1. The maximum atomic E-state index is 12.4. The predicted octanol–water partition coefficient (Wildman–Crippen LogP) is 11.5. The van der Waals surface area contributed by atoms with E-state index in [1.54, 1.807) is 0 Å². The summed E-state index contributed by atoms with van der Waals surface area (Å²) in [6, 6.07) is 0. The predicted molar refractivity (Wildman–Crippen MR) is 210 cm³/mol. The number of hydrogen-bond acceptors (Lipinski definition) is 6. The highest BCUT2D eigenvalue weighted by atomic mass is 31.2. The molecule has 0 aromatic carbocycles. The van der Waals surface area contributed by atoms with E-state index in [4.69, 9.17) is 18.5 Å². The number of rotatable bonds is 39. The molecule has 0 heterocycles. The summed E-state index contributed by atoms with van der Waals surface area (Å²) in [6.07, 6.45) is 34.1. The second-order valence-corrected chi connectivity index (χ2v) is 17.0. The van der Waals surface area contributed by atoms with E-state index in [2.05, 4.69) is 33.4 Å². The largest absolute Gasteiger partial charge is 0.472 e. The number of hydrogen-bond donors (Lipinski definition) is 2. The number of nitrogens with one attached hydrogen (secondary N) is 1. The van der Waals surface area contributed by atoms with Crippen LogP contribution in [0, 0.1) is 0 Å². The van der Waals surface area contributed by atoms with Gasteiger partial charge in [0.2, 0.25) is 0 Å². The molecule has 0 radical (unpaired) electrons. The third kappa shape index (κ3) is 38.5. The number of quaternary nitrogens is 1. The van der Waals surface area contributed by atoms with E-state index in [1.165, 1.54) is 161 Å². The van der Waals surface area contributed by atoms with Crippen LogP contribution in [-0.4, -0.2) is 82.7 Å². The fourth-order valence-electron chi connectivity index (χ4n) is 6.14. The van der Waals surface area contributed by atoms with Crippen molar-refractivity contribution in [3.63, 3.8) is 0 Å². The quantitative estimate of drug-likeness (QED) is 0.0368. The van der Waals surface area contributed by atoms with Crippen molar-refractivity contribution >= 4 is 13.9 Å². The van der Waals surface area contributed by atoms with E-state index in [9.17, 15) is 14.3 Å². The van der Waals surface area contributed by atoms with Gasteiger partial charge in [-0.3, -0.25) is 9.05 Å². The molecular formula is C40H84N2O7P+. The van der Waals surface area contributed by atoms with E-state index in [0.29, 0.717) is 13.0 Å². The molecule has 0 aliphatic heterocycles. The van der Waals surface area contributed by atoms with Gasteiger partial charge in [0.25, 0.3) is 0 Å². The molecular weight excluding hydrogens is 651 g/mol. The van der Waals surface area contributed by atoms with Gasteiger partial charge in [0, 0.05) is 13.7 Å². The molecule has 0 spiro atoms. The molecule has 10 heteroatoms. The first-order valence-electron chi connectivity index (χ1n) is 21.0. The zero-order valence-corrected chi connectivity index (χ0v) is 34.6. The van der Waals surface area contributed by atoms with Gasteiger partial charge in [-0.15, -0.1) is 0 Å². The fourth-order valence-corrected chi connectivity index (χ4v) is 6.93. The first-order valence-corrected chi connectivity index (χ1v) is 22.5. The summed E-state index contributed by atoms with van der Waals surface area (Å²) >= 11 is 0. The first-order chi connectivity index (χ1) is 24.1. The van der Waals surface area contributed by atoms with Crippen molar-refractivity contribution in [2.75, 3.05) is 61.2 Å². The van der Waals surface area contributed by atoms with Gasteiger partial charge in [-0.2, -0.15) is 0 Å². The number of phosphoric ester groups is 1. The van der Waals surface area contributed by atoms with Crippen molar-refractivity contribution in [3.05, 3.63) is 0 Å². The van der Waals surface area contributed by atoms with E-state index in [-0.39, 0.29) is 19.8 Å². The third-order valence-electron chi connectivity index (χ3n) is 9.33. The normalized spacial score (nSPS) is 13.7. The van der Waals surface area contributed by atoms with Gasteiger partial charge >= 0.3 is 13.9 Å². The summed E-state index contributed by atoms with van der Waals surface area (Å²) in [5, 5.41) is 2.40.